The predicted octanol–water partition coefficient (Wildman–Crippen LogP) is 1.64. The van der Waals surface area contributed by atoms with Crippen molar-refractivity contribution in [3.63, 3.8) is 0 Å². The maximum absolute atomic E-state index is 9.02. The van der Waals surface area contributed by atoms with E-state index in [2.05, 4.69) is 28.5 Å². The zero-order valence-corrected chi connectivity index (χ0v) is 9.63. The van der Waals surface area contributed by atoms with Crippen molar-refractivity contribution >= 4 is 0 Å². The van der Waals surface area contributed by atoms with Crippen LogP contribution in [-0.2, 0) is 19.4 Å². The minimum atomic E-state index is -0.0605. The Morgan fingerprint density at radius 1 is 1.24 bits per heavy atom. The number of hydrogen-bond donors (Lipinski definition) is 1. The molecule has 0 saturated carbocycles. The maximum Gasteiger partial charge on any atom is 0.109 e. The van der Waals surface area contributed by atoms with Crippen molar-refractivity contribution in [3.05, 3.63) is 41.2 Å². The third-order valence-electron chi connectivity index (χ3n) is 3.32. The fourth-order valence-corrected chi connectivity index (χ4v) is 2.46. The van der Waals surface area contributed by atoms with Crippen LogP contribution in [0.25, 0.3) is 5.69 Å². The summed E-state index contributed by atoms with van der Waals surface area (Å²) in [5.74, 6) is 0. The first kappa shape index (κ1) is 10.5. The monoisotopic (exact) mass is 229 g/mol. The predicted molar refractivity (Wildman–Crippen MR) is 63.9 cm³/mol. The van der Waals surface area contributed by atoms with Crippen LogP contribution in [0.3, 0.4) is 0 Å². The van der Waals surface area contributed by atoms with Gasteiger partial charge in [-0.1, -0.05) is 17.3 Å². The lowest BCUT2D eigenvalue weighted by Gasteiger charge is -2.18. The van der Waals surface area contributed by atoms with Crippen molar-refractivity contribution < 1.29 is 5.11 Å². The van der Waals surface area contributed by atoms with E-state index in [1.165, 1.54) is 24.0 Å². The van der Waals surface area contributed by atoms with Crippen molar-refractivity contribution in [2.24, 2.45) is 0 Å². The Kier molecular flexibility index (Phi) is 2.65. The quantitative estimate of drug-likeness (QED) is 0.851. The number of aromatic nitrogens is 3. The second-order valence-corrected chi connectivity index (χ2v) is 4.43. The normalized spacial score (nSPS) is 14.6. The van der Waals surface area contributed by atoms with Gasteiger partial charge in [-0.2, -0.15) is 0 Å². The summed E-state index contributed by atoms with van der Waals surface area (Å²) in [7, 11) is 0. The molecule has 1 aromatic heterocycles. The molecule has 0 saturated heterocycles. The summed E-state index contributed by atoms with van der Waals surface area (Å²) in [5.41, 5.74) is 4.52. The minimum absolute atomic E-state index is 0.0605. The summed E-state index contributed by atoms with van der Waals surface area (Å²) in [6.07, 6.45) is 6.58. The average Bonchev–Trinajstić information content (AvgIpc) is 2.87. The molecular formula is C13H15N3O. The van der Waals surface area contributed by atoms with Gasteiger partial charge in [0, 0.05) is 0 Å². The minimum Gasteiger partial charge on any atom is -0.390 e. The van der Waals surface area contributed by atoms with Crippen molar-refractivity contribution in [1.29, 1.82) is 0 Å². The SMILES string of the molecule is OCc1cn(-c2cccc3c2CCCC3)nn1. The van der Waals surface area contributed by atoms with Crippen LogP contribution in [0.15, 0.2) is 24.4 Å². The van der Waals surface area contributed by atoms with Crippen molar-refractivity contribution in [2.75, 3.05) is 0 Å². The highest BCUT2D eigenvalue weighted by Gasteiger charge is 2.14. The number of hydrogen-bond acceptors (Lipinski definition) is 3. The lowest BCUT2D eigenvalue weighted by Crippen LogP contribution is -2.08. The zero-order valence-electron chi connectivity index (χ0n) is 9.63. The summed E-state index contributed by atoms with van der Waals surface area (Å²) in [5, 5.41) is 17.0. The summed E-state index contributed by atoms with van der Waals surface area (Å²) >= 11 is 0. The van der Waals surface area contributed by atoms with Gasteiger partial charge in [-0.05, 0) is 42.9 Å². The molecular weight excluding hydrogens is 214 g/mol. The van der Waals surface area contributed by atoms with E-state index in [1.54, 1.807) is 10.9 Å². The molecule has 1 aliphatic carbocycles. The highest BCUT2D eigenvalue weighted by atomic mass is 16.3. The number of benzene rings is 1. The average molecular weight is 229 g/mol. The van der Waals surface area contributed by atoms with Crippen LogP contribution in [-0.4, -0.2) is 20.1 Å². The van der Waals surface area contributed by atoms with Crippen LogP contribution in [0.4, 0.5) is 0 Å². The van der Waals surface area contributed by atoms with E-state index < -0.39 is 0 Å². The Morgan fingerprint density at radius 2 is 2.12 bits per heavy atom. The summed E-state index contributed by atoms with van der Waals surface area (Å²) in [4.78, 5) is 0. The Labute approximate surface area is 99.9 Å². The highest BCUT2D eigenvalue weighted by Crippen LogP contribution is 2.26. The van der Waals surface area contributed by atoms with Gasteiger partial charge in [-0.3, -0.25) is 0 Å². The first-order chi connectivity index (χ1) is 8.38. The first-order valence-corrected chi connectivity index (χ1v) is 6.01. The zero-order chi connectivity index (χ0) is 11.7. The van der Waals surface area contributed by atoms with Crippen molar-refractivity contribution in [3.8, 4) is 5.69 Å². The number of aliphatic hydroxyl groups excluding tert-OH is 1. The summed E-state index contributed by atoms with van der Waals surface area (Å²) < 4.78 is 1.77. The Hall–Kier alpha value is -1.68. The molecule has 3 rings (SSSR count). The maximum atomic E-state index is 9.02. The fraction of sp³-hybridized carbons (Fsp3) is 0.385. The van der Waals surface area contributed by atoms with Gasteiger partial charge in [0.1, 0.15) is 5.69 Å². The molecule has 1 heterocycles. The van der Waals surface area contributed by atoms with E-state index in [0.29, 0.717) is 5.69 Å². The number of aliphatic hydroxyl groups is 1. The van der Waals surface area contributed by atoms with Gasteiger partial charge in [0.2, 0.25) is 0 Å². The molecule has 0 fully saturated rings. The lowest BCUT2D eigenvalue weighted by atomic mass is 9.90. The van der Waals surface area contributed by atoms with Gasteiger partial charge in [0.05, 0.1) is 18.5 Å². The van der Waals surface area contributed by atoms with E-state index in [0.717, 1.165) is 18.5 Å². The van der Waals surface area contributed by atoms with Crippen molar-refractivity contribution in [2.45, 2.75) is 32.3 Å². The van der Waals surface area contributed by atoms with Crippen molar-refractivity contribution in [1.82, 2.24) is 15.0 Å². The van der Waals surface area contributed by atoms with Gasteiger partial charge in [-0.15, -0.1) is 5.10 Å². The van der Waals surface area contributed by atoms with Gasteiger partial charge >= 0.3 is 0 Å². The van der Waals surface area contributed by atoms with Crippen LogP contribution in [0, 0.1) is 0 Å². The Bertz CT molecular complexity index is 533. The number of rotatable bonds is 2. The van der Waals surface area contributed by atoms with Crippen LogP contribution in [0.5, 0.6) is 0 Å². The highest BCUT2D eigenvalue weighted by molar-refractivity contribution is 5.46. The molecule has 1 aliphatic rings. The van der Waals surface area contributed by atoms with Gasteiger partial charge in [0.25, 0.3) is 0 Å². The first-order valence-electron chi connectivity index (χ1n) is 6.01. The van der Waals surface area contributed by atoms with Crippen LogP contribution >= 0.6 is 0 Å². The number of fused-ring (bicyclic) bond motifs is 1. The van der Waals surface area contributed by atoms with Crippen LogP contribution in [0.1, 0.15) is 29.7 Å². The van der Waals surface area contributed by atoms with Gasteiger partial charge < -0.3 is 5.11 Å². The third-order valence-corrected chi connectivity index (χ3v) is 3.32. The molecule has 0 atom stereocenters. The molecule has 1 N–H and O–H groups in total. The Balaban J connectivity index is 2.07. The van der Waals surface area contributed by atoms with E-state index in [1.807, 2.05) is 0 Å². The summed E-state index contributed by atoms with van der Waals surface area (Å²) in [6, 6.07) is 6.33. The van der Waals surface area contributed by atoms with E-state index in [4.69, 9.17) is 5.11 Å². The molecule has 0 aliphatic heterocycles. The van der Waals surface area contributed by atoms with Gasteiger partial charge in [0.15, 0.2) is 0 Å². The molecule has 0 amide bonds. The lowest BCUT2D eigenvalue weighted by molar-refractivity contribution is 0.276. The largest absolute Gasteiger partial charge is 0.390 e. The van der Waals surface area contributed by atoms with Crippen LogP contribution in [0.2, 0.25) is 0 Å². The molecule has 1 aromatic carbocycles. The molecule has 17 heavy (non-hydrogen) atoms. The number of aryl methyl sites for hydroxylation is 1. The van der Waals surface area contributed by atoms with E-state index >= 15 is 0 Å². The molecule has 0 spiro atoms. The topological polar surface area (TPSA) is 50.9 Å². The van der Waals surface area contributed by atoms with Gasteiger partial charge in [-0.25, -0.2) is 4.68 Å². The second-order valence-electron chi connectivity index (χ2n) is 4.43. The molecule has 0 unspecified atom stereocenters. The molecule has 0 radical (unpaired) electrons. The molecule has 88 valence electrons. The second kappa shape index (κ2) is 4.30. The smallest absolute Gasteiger partial charge is 0.109 e. The fourth-order valence-electron chi connectivity index (χ4n) is 2.46. The molecule has 2 aromatic rings. The van der Waals surface area contributed by atoms with Crippen LogP contribution < -0.4 is 0 Å². The molecule has 4 heteroatoms. The summed E-state index contributed by atoms with van der Waals surface area (Å²) in [6.45, 7) is -0.0605. The Morgan fingerprint density at radius 3 is 2.94 bits per heavy atom. The standard InChI is InChI=1S/C13H15N3O/c17-9-11-8-16(15-14-11)13-7-3-5-10-4-1-2-6-12(10)13/h3,5,7-8,17H,1-2,4,6,9H2. The molecule has 4 nitrogen and oxygen atoms in total. The third kappa shape index (κ3) is 1.85. The van der Waals surface area contributed by atoms with E-state index in [-0.39, 0.29) is 6.61 Å². The number of nitrogens with zero attached hydrogens (tertiary/aromatic N) is 3. The van der Waals surface area contributed by atoms with E-state index in [9.17, 15) is 0 Å². The molecule has 0 bridgehead atoms.